The number of aliphatic hydroxyl groups is 1. The average Bonchev–Trinajstić information content (AvgIpc) is 2.40. The summed E-state index contributed by atoms with van der Waals surface area (Å²) in [6, 6.07) is 5.93. The van der Waals surface area contributed by atoms with Gasteiger partial charge in [0.2, 0.25) is 5.91 Å². The minimum Gasteiger partial charge on any atom is -0.508 e. The number of aliphatic hydroxyl groups excluding tert-OH is 1. The highest BCUT2D eigenvalue weighted by atomic mass is 16.3. The second kappa shape index (κ2) is 7.87. The highest BCUT2D eigenvalue weighted by Gasteiger charge is 2.20. The van der Waals surface area contributed by atoms with Crippen LogP contribution in [0.2, 0.25) is 0 Å². The van der Waals surface area contributed by atoms with Crippen LogP contribution in [0.5, 0.6) is 5.75 Å². The Kier molecular flexibility index (Phi) is 6.48. The van der Waals surface area contributed by atoms with Crippen LogP contribution in [-0.4, -0.2) is 34.8 Å². The first-order valence-electron chi connectivity index (χ1n) is 6.88. The van der Waals surface area contributed by atoms with Gasteiger partial charge in [0.15, 0.2) is 0 Å². The Balaban J connectivity index is 2.55. The van der Waals surface area contributed by atoms with E-state index in [0.717, 1.165) is 5.56 Å². The number of carbonyl (C=O) groups excluding carboxylic acids is 1. The zero-order valence-electron chi connectivity index (χ0n) is 12.0. The van der Waals surface area contributed by atoms with Gasteiger partial charge in [0.25, 0.3) is 0 Å². The lowest BCUT2D eigenvalue weighted by Crippen LogP contribution is -2.48. The van der Waals surface area contributed by atoms with Gasteiger partial charge in [-0.15, -0.1) is 0 Å². The quantitative estimate of drug-likeness (QED) is 0.593. The monoisotopic (exact) mass is 280 g/mol. The van der Waals surface area contributed by atoms with Gasteiger partial charge in [0, 0.05) is 12.6 Å². The molecule has 0 saturated carbocycles. The minimum atomic E-state index is -0.639. The second-order valence-electron chi connectivity index (χ2n) is 5.35. The van der Waals surface area contributed by atoms with Crippen molar-refractivity contribution in [1.29, 1.82) is 0 Å². The minimum absolute atomic E-state index is 0.0380. The summed E-state index contributed by atoms with van der Waals surface area (Å²) in [5.74, 6) is 0.215. The number of phenolic OH excluding ortho intramolecular Hbond substituents is 1. The molecular weight excluding hydrogens is 256 g/mol. The van der Waals surface area contributed by atoms with Crippen LogP contribution >= 0.6 is 0 Å². The van der Waals surface area contributed by atoms with E-state index in [4.69, 9.17) is 10.8 Å². The normalized spacial score (nSPS) is 14.1. The van der Waals surface area contributed by atoms with Crippen molar-refractivity contribution in [1.82, 2.24) is 5.32 Å². The Labute approximate surface area is 119 Å². The lowest BCUT2D eigenvalue weighted by molar-refractivity contribution is -0.123. The predicted molar refractivity (Wildman–Crippen MR) is 78.3 cm³/mol. The summed E-state index contributed by atoms with van der Waals surface area (Å²) in [5.41, 5.74) is 6.79. The number of hydrogen-bond acceptors (Lipinski definition) is 4. The lowest BCUT2D eigenvalue weighted by atomic mass is 10.00. The molecule has 0 heterocycles. The molecule has 1 amide bonds. The second-order valence-corrected chi connectivity index (χ2v) is 5.35. The fraction of sp³-hybridized carbons (Fsp3) is 0.533. The molecule has 0 saturated heterocycles. The van der Waals surface area contributed by atoms with Crippen LogP contribution in [0.4, 0.5) is 0 Å². The van der Waals surface area contributed by atoms with E-state index in [1.165, 1.54) is 0 Å². The van der Waals surface area contributed by atoms with Crippen molar-refractivity contribution < 1.29 is 15.0 Å². The van der Waals surface area contributed by atoms with E-state index in [1.807, 2.05) is 13.8 Å². The summed E-state index contributed by atoms with van der Waals surface area (Å²) in [5, 5.41) is 21.1. The van der Waals surface area contributed by atoms with Gasteiger partial charge in [0.05, 0.1) is 6.04 Å². The van der Waals surface area contributed by atoms with Crippen LogP contribution < -0.4 is 11.1 Å². The van der Waals surface area contributed by atoms with Gasteiger partial charge < -0.3 is 21.3 Å². The largest absolute Gasteiger partial charge is 0.508 e. The molecule has 0 aliphatic carbocycles. The molecule has 1 aromatic carbocycles. The maximum atomic E-state index is 12.0. The van der Waals surface area contributed by atoms with Crippen molar-refractivity contribution in [3.8, 4) is 5.75 Å². The van der Waals surface area contributed by atoms with E-state index in [1.54, 1.807) is 24.3 Å². The third-order valence-corrected chi connectivity index (χ3v) is 3.30. The molecule has 1 aromatic rings. The zero-order chi connectivity index (χ0) is 15.1. The van der Waals surface area contributed by atoms with Crippen molar-refractivity contribution >= 4 is 5.91 Å². The molecule has 0 aliphatic rings. The van der Waals surface area contributed by atoms with Crippen LogP contribution in [0.25, 0.3) is 0 Å². The number of amides is 1. The molecule has 5 nitrogen and oxygen atoms in total. The molecule has 2 atom stereocenters. The molecular formula is C15H24N2O3. The smallest absolute Gasteiger partial charge is 0.237 e. The van der Waals surface area contributed by atoms with E-state index < -0.39 is 6.04 Å². The standard InChI is InChI=1S/C15H24N2O3/c1-10(2)14(7-8-18)17-15(20)13(16)9-11-3-5-12(19)6-4-11/h3-6,10,13-14,18-19H,7-9,16H2,1-2H3,(H,17,20)/t13-,14?/m0/s1. The van der Waals surface area contributed by atoms with E-state index in [2.05, 4.69) is 5.32 Å². The van der Waals surface area contributed by atoms with Crippen LogP contribution in [-0.2, 0) is 11.2 Å². The lowest BCUT2D eigenvalue weighted by Gasteiger charge is -2.23. The van der Waals surface area contributed by atoms with Gasteiger partial charge in [-0.05, 0) is 36.5 Å². The number of aromatic hydroxyl groups is 1. The Morgan fingerprint density at radius 2 is 1.90 bits per heavy atom. The summed E-state index contributed by atoms with van der Waals surface area (Å²) in [6.45, 7) is 4.02. The molecule has 0 spiro atoms. The first kappa shape index (κ1) is 16.5. The van der Waals surface area contributed by atoms with Crippen LogP contribution in [0, 0.1) is 5.92 Å². The number of phenols is 1. The summed E-state index contributed by atoms with van der Waals surface area (Å²) in [6.07, 6.45) is 0.936. The van der Waals surface area contributed by atoms with Crippen molar-refractivity contribution in [2.45, 2.75) is 38.8 Å². The molecule has 5 N–H and O–H groups in total. The van der Waals surface area contributed by atoms with E-state index in [9.17, 15) is 9.90 Å². The molecule has 0 aliphatic heterocycles. The highest BCUT2D eigenvalue weighted by Crippen LogP contribution is 2.11. The predicted octanol–water partition coefficient (Wildman–Crippen LogP) is 0.785. The third kappa shape index (κ3) is 5.19. The molecule has 0 aromatic heterocycles. The number of benzene rings is 1. The first-order chi connectivity index (χ1) is 9.43. The Hall–Kier alpha value is -1.59. The molecule has 0 bridgehead atoms. The van der Waals surface area contributed by atoms with Gasteiger partial charge in [-0.2, -0.15) is 0 Å². The van der Waals surface area contributed by atoms with Crippen LogP contribution in [0.15, 0.2) is 24.3 Å². The van der Waals surface area contributed by atoms with E-state index >= 15 is 0 Å². The fourth-order valence-corrected chi connectivity index (χ4v) is 1.98. The summed E-state index contributed by atoms with van der Waals surface area (Å²) >= 11 is 0. The van der Waals surface area contributed by atoms with Crippen molar-refractivity contribution in [3.05, 3.63) is 29.8 Å². The number of rotatable bonds is 7. The summed E-state index contributed by atoms with van der Waals surface area (Å²) < 4.78 is 0. The van der Waals surface area contributed by atoms with Gasteiger partial charge in [-0.1, -0.05) is 26.0 Å². The fourth-order valence-electron chi connectivity index (χ4n) is 1.98. The Morgan fingerprint density at radius 3 is 2.40 bits per heavy atom. The van der Waals surface area contributed by atoms with Crippen LogP contribution in [0.3, 0.4) is 0 Å². The number of hydrogen-bond donors (Lipinski definition) is 4. The SMILES string of the molecule is CC(C)C(CCO)NC(=O)[C@@H](N)Cc1ccc(O)cc1. The molecule has 20 heavy (non-hydrogen) atoms. The average molecular weight is 280 g/mol. The molecule has 1 unspecified atom stereocenters. The van der Waals surface area contributed by atoms with E-state index in [-0.39, 0.29) is 30.2 Å². The number of carbonyl (C=O) groups is 1. The number of nitrogens with two attached hydrogens (primary N) is 1. The van der Waals surface area contributed by atoms with Crippen LogP contribution in [0.1, 0.15) is 25.8 Å². The molecule has 0 radical (unpaired) electrons. The van der Waals surface area contributed by atoms with Gasteiger partial charge >= 0.3 is 0 Å². The molecule has 0 fully saturated rings. The molecule has 112 valence electrons. The van der Waals surface area contributed by atoms with Gasteiger partial charge in [0.1, 0.15) is 5.75 Å². The summed E-state index contributed by atoms with van der Waals surface area (Å²) in [4.78, 5) is 12.0. The summed E-state index contributed by atoms with van der Waals surface area (Å²) in [7, 11) is 0. The van der Waals surface area contributed by atoms with Crippen molar-refractivity contribution in [3.63, 3.8) is 0 Å². The van der Waals surface area contributed by atoms with Crippen molar-refractivity contribution in [2.75, 3.05) is 6.61 Å². The van der Waals surface area contributed by atoms with Gasteiger partial charge in [-0.3, -0.25) is 4.79 Å². The van der Waals surface area contributed by atoms with Gasteiger partial charge in [-0.25, -0.2) is 0 Å². The molecule has 5 heteroatoms. The highest BCUT2D eigenvalue weighted by molar-refractivity contribution is 5.82. The Bertz CT molecular complexity index is 418. The first-order valence-corrected chi connectivity index (χ1v) is 6.88. The van der Waals surface area contributed by atoms with E-state index in [0.29, 0.717) is 12.8 Å². The van der Waals surface area contributed by atoms with Crippen molar-refractivity contribution in [2.24, 2.45) is 11.7 Å². The molecule has 1 rings (SSSR count). The maximum absolute atomic E-state index is 12.0. The number of nitrogens with one attached hydrogen (secondary N) is 1. The Morgan fingerprint density at radius 1 is 1.30 bits per heavy atom. The zero-order valence-corrected chi connectivity index (χ0v) is 12.0. The maximum Gasteiger partial charge on any atom is 0.237 e. The third-order valence-electron chi connectivity index (χ3n) is 3.30. The topological polar surface area (TPSA) is 95.6 Å².